The van der Waals surface area contributed by atoms with Gasteiger partial charge in [-0.15, -0.1) is 0 Å². The SMILES string of the molecule is CCNC(CCCc1ccsc1)C1CC1. The molecule has 1 unspecified atom stereocenters. The first kappa shape index (κ1) is 11.2. The van der Waals surface area contributed by atoms with Crippen LogP contribution in [0.3, 0.4) is 0 Å². The van der Waals surface area contributed by atoms with Crippen LogP contribution in [0.2, 0.25) is 0 Å². The standard InChI is InChI=1S/C13H21NS/c1-2-14-13(12-6-7-12)5-3-4-11-8-9-15-10-11/h8-10,12-14H,2-7H2,1H3. The van der Waals surface area contributed by atoms with E-state index in [9.17, 15) is 0 Å². The molecule has 1 aliphatic carbocycles. The largest absolute Gasteiger partial charge is 0.314 e. The van der Waals surface area contributed by atoms with Gasteiger partial charge in [-0.2, -0.15) is 11.3 Å². The van der Waals surface area contributed by atoms with Gasteiger partial charge in [0, 0.05) is 6.04 Å². The minimum absolute atomic E-state index is 0.800. The van der Waals surface area contributed by atoms with E-state index in [1.54, 1.807) is 0 Å². The van der Waals surface area contributed by atoms with Gasteiger partial charge in [0.2, 0.25) is 0 Å². The molecule has 0 radical (unpaired) electrons. The summed E-state index contributed by atoms with van der Waals surface area (Å²) in [5.74, 6) is 0.993. The Balaban J connectivity index is 1.66. The molecule has 0 aliphatic heterocycles. The fourth-order valence-corrected chi connectivity index (χ4v) is 2.93. The van der Waals surface area contributed by atoms with Crippen LogP contribution in [0.15, 0.2) is 16.8 Å². The Bertz CT molecular complexity index is 264. The molecule has 1 aromatic heterocycles. The van der Waals surface area contributed by atoms with Gasteiger partial charge in [0.25, 0.3) is 0 Å². The smallest absolute Gasteiger partial charge is 0.00953 e. The maximum absolute atomic E-state index is 3.63. The van der Waals surface area contributed by atoms with Gasteiger partial charge < -0.3 is 5.32 Å². The highest BCUT2D eigenvalue weighted by Gasteiger charge is 2.29. The molecule has 1 N–H and O–H groups in total. The van der Waals surface area contributed by atoms with Crippen LogP contribution in [0, 0.1) is 5.92 Å². The first-order chi connectivity index (χ1) is 7.40. The summed E-state index contributed by atoms with van der Waals surface area (Å²) < 4.78 is 0. The summed E-state index contributed by atoms with van der Waals surface area (Å²) in [5.41, 5.74) is 1.52. The van der Waals surface area contributed by atoms with Gasteiger partial charge in [0.15, 0.2) is 0 Å². The summed E-state index contributed by atoms with van der Waals surface area (Å²) in [7, 11) is 0. The number of aryl methyl sites for hydroxylation is 1. The van der Waals surface area contributed by atoms with Crippen LogP contribution in [-0.4, -0.2) is 12.6 Å². The zero-order chi connectivity index (χ0) is 10.5. The first-order valence-electron chi connectivity index (χ1n) is 6.14. The molecule has 15 heavy (non-hydrogen) atoms. The molecule has 0 bridgehead atoms. The van der Waals surface area contributed by atoms with Crippen molar-refractivity contribution in [3.63, 3.8) is 0 Å². The summed E-state index contributed by atoms with van der Waals surface area (Å²) in [4.78, 5) is 0. The summed E-state index contributed by atoms with van der Waals surface area (Å²) in [5, 5.41) is 8.08. The summed E-state index contributed by atoms with van der Waals surface area (Å²) in [6.45, 7) is 3.34. The molecule has 2 rings (SSSR count). The van der Waals surface area contributed by atoms with Gasteiger partial charge in [-0.05, 0) is 67.0 Å². The molecule has 0 saturated heterocycles. The molecule has 1 aliphatic rings. The van der Waals surface area contributed by atoms with E-state index < -0.39 is 0 Å². The Morgan fingerprint density at radius 2 is 2.40 bits per heavy atom. The lowest BCUT2D eigenvalue weighted by Gasteiger charge is -2.16. The molecule has 0 aromatic carbocycles. The number of nitrogens with one attached hydrogen (secondary N) is 1. The molecule has 1 aromatic rings. The Hall–Kier alpha value is -0.340. The lowest BCUT2D eigenvalue weighted by Crippen LogP contribution is -2.30. The van der Waals surface area contributed by atoms with Crippen molar-refractivity contribution in [2.24, 2.45) is 5.92 Å². The average molecular weight is 223 g/mol. The molecule has 0 spiro atoms. The van der Waals surface area contributed by atoms with Crippen LogP contribution in [0.25, 0.3) is 0 Å². The van der Waals surface area contributed by atoms with Gasteiger partial charge in [-0.1, -0.05) is 6.92 Å². The van der Waals surface area contributed by atoms with Crippen molar-refractivity contribution < 1.29 is 0 Å². The van der Waals surface area contributed by atoms with Crippen LogP contribution in [0.5, 0.6) is 0 Å². The summed E-state index contributed by atoms with van der Waals surface area (Å²) >= 11 is 1.81. The minimum Gasteiger partial charge on any atom is -0.314 e. The quantitative estimate of drug-likeness (QED) is 0.746. The van der Waals surface area contributed by atoms with Gasteiger partial charge >= 0.3 is 0 Å². The molecular formula is C13H21NS. The van der Waals surface area contributed by atoms with Crippen molar-refractivity contribution in [3.05, 3.63) is 22.4 Å². The normalized spacial score (nSPS) is 17.9. The van der Waals surface area contributed by atoms with Crippen LogP contribution in [-0.2, 0) is 6.42 Å². The fraction of sp³-hybridized carbons (Fsp3) is 0.692. The highest BCUT2D eigenvalue weighted by Crippen LogP contribution is 2.34. The Labute approximate surface area is 96.9 Å². The molecular weight excluding hydrogens is 202 g/mol. The summed E-state index contributed by atoms with van der Waals surface area (Å²) in [6.07, 6.45) is 6.86. The number of hydrogen-bond acceptors (Lipinski definition) is 2. The zero-order valence-corrected chi connectivity index (χ0v) is 10.4. The second-order valence-electron chi connectivity index (χ2n) is 4.53. The molecule has 2 heteroatoms. The summed E-state index contributed by atoms with van der Waals surface area (Å²) in [6, 6.07) is 3.05. The second kappa shape index (κ2) is 5.66. The van der Waals surface area contributed by atoms with Crippen molar-refractivity contribution in [2.45, 2.75) is 45.1 Å². The molecule has 0 amide bonds. The van der Waals surface area contributed by atoms with Crippen molar-refractivity contribution in [1.82, 2.24) is 5.32 Å². The topological polar surface area (TPSA) is 12.0 Å². The number of rotatable bonds is 7. The van der Waals surface area contributed by atoms with Crippen LogP contribution in [0.1, 0.15) is 38.2 Å². The molecule has 1 nitrogen and oxygen atoms in total. The maximum Gasteiger partial charge on any atom is 0.00953 e. The van der Waals surface area contributed by atoms with E-state index in [4.69, 9.17) is 0 Å². The van der Waals surface area contributed by atoms with Crippen molar-refractivity contribution in [3.8, 4) is 0 Å². The van der Waals surface area contributed by atoms with E-state index in [0.717, 1.165) is 18.5 Å². The van der Waals surface area contributed by atoms with E-state index in [0.29, 0.717) is 0 Å². The molecule has 1 heterocycles. The predicted octanol–water partition coefficient (Wildman–Crippen LogP) is 3.46. The van der Waals surface area contributed by atoms with Gasteiger partial charge in [0.05, 0.1) is 0 Å². The van der Waals surface area contributed by atoms with Gasteiger partial charge in [0.1, 0.15) is 0 Å². The molecule has 1 saturated carbocycles. The third-order valence-corrected chi connectivity index (χ3v) is 3.95. The zero-order valence-electron chi connectivity index (χ0n) is 9.54. The monoisotopic (exact) mass is 223 g/mol. The van der Waals surface area contributed by atoms with Crippen LogP contribution < -0.4 is 5.32 Å². The fourth-order valence-electron chi connectivity index (χ4n) is 2.23. The van der Waals surface area contributed by atoms with E-state index >= 15 is 0 Å². The molecule has 84 valence electrons. The molecule has 1 atom stereocenters. The third kappa shape index (κ3) is 3.62. The highest BCUT2D eigenvalue weighted by molar-refractivity contribution is 7.07. The van der Waals surface area contributed by atoms with Gasteiger partial charge in [-0.25, -0.2) is 0 Å². The number of hydrogen-bond donors (Lipinski definition) is 1. The lowest BCUT2D eigenvalue weighted by atomic mass is 10.0. The maximum atomic E-state index is 3.63. The first-order valence-corrected chi connectivity index (χ1v) is 7.09. The van der Waals surface area contributed by atoms with Crippen molar-refractivity contribution in [1.29, 1.82) is 0 Å². The minimum atomic E-state index is 0.800. The predicted molar refractivity (Wildman–Crippen MR) is 67.4 cm³/mol. The Morgan fingerprint density at radius 1 is 1.53 bits per heavy atom. The lowest BCUT2D eigenvalue weighted by molar-refractivity contribution is 0.434. The van der Waals surface area contributed by atoms with E-state index in [-0.39, 0.29) is 0 Å². The van der Waals surface area contributed by atoms with E-state index in [1.165, 1.54) is 37.7 Å². The van der Waals surface area contributed by atoms with Crippen LogP contribution >= 0.6 is 11.3 Å². The Morgan fingerprint density at radius 3 is 3.00 bits per heavy atom. The van der Waals surface area contributed by atoms with Crippen LogP contribution in [0.4, 0.5) is 0 Å². The third-order valence-electron chi connectivity index (χ3n) is 3.22. The number of thiophene rings is 1. The van der Waals surface area contributed by atoms with E-state index in [2.05, 4.69) is 29.1 Å². The highest BCUT2D eigenvalue weighted by atomic mass is 32.1. The Kier molecular flexibility index (Phi) is 4.21. The average Bonchev–Trinajstić information content (AvgIpc) is 2.96. The van der Waals surface area contributed by atoms with E-state index in [1.807, 2.05) is 11.3 Å². The van der Waals surface area contributed by atoms with Gasteiger partial charge in [-0.3, -0.25) is 0 Å². The second-order valence-corrected chi connectivity index (χ2v) is 5.31. The molecule has 1 fully saturated rings. The van der Waals surface area contributed by atoms with Crippen molar-refractivity contribution in [2.75, 3.05) is 6.54 Å². The van der Waals surface area contributed by atoms with Crippen molar-refractivity contribution >= 4 is 11.3 Å².